The fourth-order valence-electron chi connectivity index (χ4n) is 2.41. The average Bonchev–Trinajstić information content (AvgIpc) is 2.97. The summed E-state index contributed by atoms with van der Waals surface area (Å²) in [7, 11) is 0. The van der Waals surface area contributed by atoms with Gasteiger partial charge in [-0.05, 0) is 24.6 Å². The second-order valence-electron chi connectivity index (χ2n) is 4.16. The first-order chi connectivity index (χ1) is 8.40. The van der Waals surface area contributed by atoms with E-state index in [1.165, 1.54) is 11.3 Å². The standard InChI is InChI=1S/C12H14N4S/c13-6-5-9-7-16(12-15-14-8-17-12)11-4-2-1-3-10(9)11/h1-4,8-9H,5-7,13H2. The van der Waals surface area contributed by atoms with Gasteiger partial charge in [-0.2, -0.15) is 0 Å². The van der Waals surface area contributed by atoms with Crippen LogP contribution in [0.5, 0.6) is 0 Å². The quantitative estimate of drug-likeness (QED) is 0.901. The van der Waals surface area contributed by atoms with Crippen molar-refractivity contribution in [2.75, 3.05) is 18.0 Å². The van der Waals surface area contributed by atoms with Gasteiger partial charge in [0.05, 0.1) is 0 Å². The molecule has 2 aromatic rings. The van der Waals surface area contributed by atoms with E-state index in [9.17, 15) is 0 Å². The summed E-state index contributed by atoms with van der Waals surface area (Å²) in [5, 5.41) is 9.04. The first kappa shape index (κ1) is 10.7. The van der Waals surface area contributed by atoms with Crippen molar-refractivity contribution in [1.29, 1.82) is 0 Å². The molecule has 2 heterocycles. The van der Waals surface area contributed by atoms with E-state index < -0.39 is 0 Å². The van der Waals surface area contributed by atoms with Gasteiger partial charge in [-0.1, -0.05) is 29.5 Å². The zero-order valence-corrected chi connectivity index (χ0v) is 10.2. The van der Waals surface area contributed by atoms with Gasteiger partial charge in [-0.25, -0.2) is 0 Å². The molecule has 4 nitrogen and oxygen atoms in total. The molecule has 17 heavy (non-hydrogen) atoms. The van der Waals surface area contributed by atoms with Gasteiger partial charge >= 0.3 is 0 Å². The van der Waals surface area contributed by atoms with E-state index in [4.69, 9.17) is 5.73 Å². The van der Waals surface area contributed by atoms with Crippen LogP contribution in [0.3, 0.4) is 0 Å². The van der Waals surface area contributed by atoms with Crippen LogP contribution in [-0.4, -0.2) is 23.3 Å². The van der Waals surface area contributed by atoms with Crippen molar-refractivity contribution in [3.63, 3.8) is 0 Å². The summed E-state index contributed by atoms with van der Waals surface area (Å²) < 4.78 is 0. The lowest BCUT2D eigenvalue weighted by Crippen LogP contribution is -2.17. The maximum atomic E-state index is 5.69. The van der Waals surface area contributed by atoms with Crippen LogP contribution in [0.2, 0.25) is 0 Å². The lowest BCUT2D eigenvalue weighted by atomic mass is 9.98. The summed E-state index contributed by atoms with van der Waals surface area (Å²) in [6.07, 6.45) is 1.02. The summed E-state index contributed by atoms with van der Waals surface area (Å²) in [6, 6.07) is 8.49. The van der Waals surface area contributed by atoms with Gasteiger partial charge < -0.3 is 10.6 Å². The molecule has 3 rings (SSSR count). The van der Waals surface area contributed by atoms with Crippen LogP contribution in [0.15, 0.2) is 29.8 Å². The summed E-state index contributed by atoms with van der Waals surface area (Å²) in [6.45, 7) is 1.69. The molecule has 1 atom stereocenters. The molecule has 1 aromatic carbocycles. The number of nitrogens with zero attached hydrogens (tertiary/aromatic N) is 3. The zero-order chi connectivity index (χ0) is 11.7. The van der Waals surface area contributed by atoms with Crippen molar-refractivity contribution >= 4 is 22.2 Å². The number of aromatic nitrogens is 2. The van der Waals surface area contributed by atoms with Crippen molar-refractivity contribution in [3.05, 3.63) is 35.3 Å². The van der Waals surface area contributed by atoms with E-state index in [1.54, 1.807) is 16.8 Å². The summed E-state index contributed by atoms with van der Waals surface area (Å²) >= 11 is 1.58. The van der Waals surface area contributed by atoms with Crippen molar-refractivity contribution in [3.8, 4) is 0 Å². The number of benzene rings is 1. The second kappa shape index (κ2) is 4.43. The Labute approximate surface area is 104 Å². The van der Waals surface area contributed by atoms with Gasteiger partial charge in [0.15, 0.2) is 0 Å². The average molecular weight is 246 g/mol. The molecule has 88 valence electrons. The number of hydrogen-bond donors (Lipinski definition) is 1. The fraction of sp³-hybridized carbons (Fsp3) is 0.333. The normalized spacial score (nSPS) is 18.4. The van der Waals surface area contributed by atoms with Crippen LogP contribution < -0.4 is 10.6 Å². The summed E-state index contributed by atoms with van der Waals surface area (Å²) in [4.78, 5) is 2.24. The van der Waals surface area contributed by atoms with Gasteiger partial charge in [0.25, 0.3) is 0 Å². The van der Waals surface area contributed by atoms with E-state index in [1.807, 2.05) is 0 Å². The number of anilines is 2. The molecule has 0 saturated heterocycles. The lowest BCUT2D eigenvalue weighted by Gasteiger charge is -2.15. The Morgan fingerprint density at radius 3 is 3.06 bits per heavy atom. The van der Waals surface area contributed by atoms with E-state index in [0.717, 1.165) is 24.6 Å². The zero-order valence-electron chi connectivity index (χ0n) is 9.41. The molecule has 0 amide bonds. The highest BCUT2D eigenvalue weighted by Crippen LogP contribution is 2.42. The Balaban J connectivity index is 1.99. The van der Waals surface area contributed by atoms with E-state index in [-0.39, 0.29) is 0 Å². The van der Waals surface area contributed by atoms with Crippen LogP contribution >= 0.6 is 11.3 Å². The Hall–Kier alpha value is -1.46. The van der Waals surface area contributed by atoms with E-state index in [2.05, 4.69) is 39.4 Å². The summed E-state index contributed by atoms with van der Waals surface area (Å²) in [5.74, 6) is 0.514. The van der Waals surface area contributed by atoms with E-state index in [0.29, 0.717) is 5.92 Å². The van der Waals surface area contributed by atoms with Crippen LogP contribution in [0.1, 0.15) is 17.9 Å². The van der Waals surface area contributed by atoms with Gasteiger partial charge in [-0.15, -0.1) is 10.2 Å². The Kier molecular flexibility index (Phi) is 2.78. The molecule has 2 N–H and O–H groups in total. The monoisotopic (exact) mass is 246 g/mol. The molecule has 0 radical (unpaired) electrons. The molecule has 0 saturated carbocycles. The third-order valence-corrected chi connectivity index (χ3v) is 3.88. The molecule has 1 aliphatic rings. The van der Waals surface area contributed by atoms with Crippen molar-refractivity contribution in [2.24, 2.45) is 5.73 Å². The van der Waals surface area contributed by atoms with Gasteiger partial charge in [0.1, 0.15) is 5.51 Å². The third kappa shape index (κ3) is 1.81. The minimum atomic E-state index is 0.514. The Morgan fingerprint density at radius 2 is 2.29 bits per heavy atom. The molecule has 0 fully saturated rings. The molecular formula is C12H14N4S. The molecule has 0 bridgehead atoms. The predicted molar refractivity (Wildman–Crippen MR) is 69.8 cm³/mol. The van der Waals surface area contributed by atoms with Crippen LogP contribution in [0, 0.1) is 0 Å². The van der Waals surface area contributed by atoms with Gasteiger partial charge in [0.2, 0.25) is 5.13 Å². The van der Waals surface area contributed by atoms with Crippen LogP contribution in [-0.2, 0) is 0 Å². The molecule has 0 aliphatic carbocycles. The predicted octanol–water partition coefficient (Wildman–Crippen LogP) is 2.12. The molecule has 0 spiro atoms. The first-order valence-electron chi connectivity index (χ1n) is 5.73. The highest BCUT2D eigenvalue weighted by molar-refractivity contribution is 7.13. The SMILES string of the molecule is NCCC1CN(c2nncs2)c2ccccc21. The van der Waals surface area contributed by atoms with Crippen molar-refractivity contribution < 1.29 is 0 Å². The maximum absolute atomic E-state index is 5.69. The topological polar surface area (TPSA) is 55.0 Å². The number of nitrogens with two attached hydrogens (primary N) is 1. The molecule has 5 heteroatoms. The number of hydrogen-bond acceptors (Lipinski definition) is 5. The minimum Gasteiger partial charge on any atom is -0.330 e. The van der Waals surface area contributed by atoms with Crippen LogP contribution in [0.25, 0.3) is 0 Å². The highest BCUT2D eigenvalue weighted by atomic mass is 32.1. The van der Waals surface area contributed by atoms with Gasteiger partial charge in [-0.3, -0.25) is 0 Å². The molecule has 1 unspecified atom stereocenters. The maximum Gasteiger partial charge on any atom is 0.212 e. The third-order valence-electron chi connectivity index (χ3n) is 3.16. The minimum absolute atomic E-state index is 0.514. The highest BCUT2D eigenvalue weighted by Gasteiger charge is 2.29. The number of rotatable bonds is 3. The van der Waals surface area contributed by atoms with Gasteiger partial charge in [0, 0.05) is 18.2 Å². The molecule has 1 aliphatic heterocycles. The Bertz CT molecular complexity index is 497. The van der Waals surface area contributed by atoms with Crippen molar-refractivity contribution in [1.82, 2.24) is 10.2 Å². The fourth-order valence-corrected chi connectivity index (χ4v) is 2.99. The molecular weight excluding hydrogens is 232 g/mol. The number of fused-ring (bicyclic) bond motifs is 1. The van der Waals surface area contributed by atoms with Crippen LogP contribution in [0.4, 0.5) is 10.8 Å². The first-order valence-corrected chi connectivity index (χ1v) is 6.61. The Morgan fingerprint density at radius 1 is 1.41 bits per heavy atom. The van der Waals surface area contributed by atoms with E-state index >= 15 is 0 Å². The number of para-hydroxylation sites is 1. The van der Waals surface area contributed by atoms with Crippen molar-refractivity contribution in [2.45, 2.75) is 12.3 Å². The summed E-state index contributed by atoms with van der Waals surface area (Å²) in [5.41, 5.74) is 10.1. The largest absolute Gasteiger partial charge is 0.330 e. The lowest BCUT2D eigenvalue weighted by molar-refractivity contribution is 0.667. The molecule has 1 aromatic heterocycles. The smallest absolute Gasteiger partial charge is 0.212 e. The second-order valence-corrected chi connectivity index (χ2v) is 4.98.